The molecule has 0 saturated carbocycles. The lowest BCUT2D eigenvalue weighted by atomic mass is 9.98. The van der Waals surface area contributed by atoms with Crippen molar-refractivity contribution in [3.63, 3.8) is 0 Å². The highest BCUT2D eigenvalue weighted by Crippen LogP contribution is 2.38. The van der Waals surface area contributed by atoms with Gasteiger partial charge in [0.15, 0.2) is 11.5 Å². The number of pyridine rings is 1. The topological polar surface area (TPSA) is 148 Å². The molecule has 0 atom stereocenters. The van der Waals surface area contributed by atoms with E-state index in [2.05, 4.69) is 41.0 Å². The first kappa shape index (κ1) is 33.4. The fourth-order valence-corrected chi connectivity index (χ4v) is 6.03. The van der Waals surface area contributed by atoms with Gasteiger partial charge in [-0.25, -0.2) is 9.97 Å². The molecule has 3 aromatic heterocycles. The zero-order valence-electron chi connectivity index (χ0n) is 27.8. The van der Waals surface area contributed by atoms with Crippen LogP contribution in [0.3, 0.4) is 0 Å². The number of benzene rings is 2. The number of imidazole rings is 1. The number of anilines is 3. The summed E-state index contributed by atoms with van der Waals surface area (Å²) in [6.45, 7) is 3.80. The lowest BCUT2D eigenvalue weighted by molar-refractivity contribution is 0.100. The Hall–Kier alpha value is -5.53. The number of likely N-dealkylation sites (N-methyl/N-ethyl adjacent to an activating group) is 1. The molecule has 4 heterocycles. The summed E-state index contributed by atoms with van der Waals surface area (Å²) < 4.78 is 12.5. The van der Waals surface area contributed by atoms with Crippen LogP contribution < -0.4 is 25.4 Å². The number of aromatic nitrogens is 5. The van der Waals surface area contributed by atoms with Crippen molar-refractivity contribution in [2.45, 2.75) is 26.4 Å². The second-order valence-electron chi connectivity index (χ2n) is 11.6. The standard InChI is InChI=1S/C35H36ClN9O4/c1-20-22(23-9-7-11-25(32(23)36)41-35(47)33-39-28-19-44(2)15-13-29(28)45(33)3)8-6-10-24(20)40-34(46)26-17-30(48-4)27(43-42-26)18-38-21-12-14-37-31(16-21)49-5/h6-12,14,16-17H,13,15,18-19H2,1-5H3,(H,37,38)(H,40,46)(H,41,47). The number of amides is 2. The lowest BCUT2D eigenvalue weighted by Crippen LogP contribution is -2.27. The summed E-state index contributed by atoms with van der Waals surface area (Å²) in [6, 6.07) is 16.1. The maximum atomic E-state index is 13.4. The van der Waals surface area contributed by atoms with E-state index in [-0.39, 0.29) is 11.6 Å². The molecule has 0 unspecified atom stereocenters. The van der Waals surface area contributed by atoms with E-state index >= 15 is 0 Å². The van der Waals surface area contributed by atoms with Gasteiger partial charge in [0.2, 0.25) is 5.88 Å². The van der Waals surface area contributed by atoms with Crippen LogP contribution >= 0.6 is 11.6 Å². The molecule has 0 spiro atoms. The van der Waals surface area contributed by atoms with Crippen LogP contribution in [0.1, 0.15) is 43.8 Å². The minimum absolute atomic E-state index is 0.0846. The van der Waals surface area contributed by atoms with Crippen LogP contribution in [-0.2, 0) is 26.6 Å². The van der Waals surface area contributed by atoms with Gasteiger partial charge in [0.25, 0.3) is 11.8 Å². The van der Waals surface area contributed by atoms with Crippen molar-refractivity contribution in [3.05, 3.63) is 100.0 Å². The molecule has 1 aliphatic heterocycles. The summed E-state index contributed by atoms with van der Waals surface area (Å²) in [5.74, 6) is 0.416. The molecule has 2 amide bonds. The molecule has 0 radical (unpaired) electrons. The maximum absolute atomic E-state index is 13.4. The molecule has 6 rings (SSSR count). The summed E-state index contributed by atoms with van der Waals surface area (Å²) >= 11 is 6.91. The van der Waals surface area contributed by atoms with Gasteiger partial charge >= 0.3 is 0 Å². The lowest BCUT2D eigenvalue weighted by Gasteiger charge is -2.21. The number of hydrogen-bond donors (Lipinski definition) is 3. The first-order chi connectivity index (χ1) is 23.7. The third kappa shape index (κ3) is 7.03. The SMILES string of the molecule is COc1cc(NCc2nnc(C(=O)Nc3cccc(-c4cccc(NC(=O)c5nc6c(n5C)CCN(C)C6)c4Cl)c3C)cc2OC)ccn1. The van der Waals surface area contributed by atoms with E-state index in [0.29, 0.717) is 58.2 Å². The highest BCUT2D eigenvalue weighted by molar-refractivity contribution is 6.36. The molecule has 5 aromatic rings. The van der Waals surface area contributed by atoms with Gasteiger partial charge in [-0.1, -0.05) is 35.9 Å². The van der Waals surface area contributed by atoms with Gasteiger partial charge in [0.1, 0.15) is 11.4 Å². The molecule has 0 aliphatic carbocycles. The van der Waals surface area contributed by atoms with Crippen LogP contribution in [-0.4, -0.2) is 69.3 Å². The Balaban J connectivity index is 1.18. The fraction of sp³-hybridized carbons (Fsp3) is 0.257. The third-order valence-electron chi connectivity index (χ3n) is 8.46. The molecular weight excluding hydrogens is 646 g/mol. The summed E-state index contributed by atoms with van der Waals surface area (Å²) in [6.07, 6.45) is 2.46. The van der Waals surface area contributed by atoms with Crippen molar-refractivity contribution in [2.24, 2.45) is 7.05 Å². The Morgan fingerprint density at radius 1 is 0.939 bits per heavy atom. The molecule has 0 bridgehead atoms. The Labute approximate surface area is 288 Å². The Morgan fingerprint density at radius 3 is 2.47 bits per heavy atom. The fourth-order valence-electron chi connectivity index (χ4n) is 5.75. The molecule has 252 valence electrons. The Bertz CT molecular complexity index is 2050. The van der Waals surface area contributed by atoms with Crippen LogP contribution in [0.4, 0.5) is 17.1 Å². The second-order valence-corrected chi connectivity index (χ2v) is 12.0. The first-order valence-electron chi connectivity index (χ1n) is 15.6. The number of nitrogens with zero attached hydrogens (tertiary/aromatic N) is 6. The van der Waals surface area contributed by atoms with E-state index in [1.807, 2.05) is 49.9 Å². The quantitative estimate of drug-likeness (QED) is 0.176. The predicted octanol–water partition coefficient (Wildman–Crippen LogP) is 5.36. The van der Waals surface area contributed by atoms with E-state index < -0.39 is 5.91 Å². The molecule has 0 saturated heterocycles. The highest BCUT2D eigenvalue weighted by atomic mass is 35.5. The van der Waals surface area contributed by atoms with Gasteiger partial charge in [-0.2, -0.15) is 0 Å². The van der Waals surface area contributed by atoms with E-state index in [0.717, 1.165) is 41.2 Å². The van der Waals surface area contributed by atoms with Crippen LogP contribution in [0.5, 0.6) is 11.6 Å². The molecule has 2 aromatic carbocycles. The van der Waals surface area contributed by atoms with Crippen molar-refractivity contribution in [1.82, 2.24) is 29.6 Å². The minimum Gasteiger partial charge on any atom is -0.495 e. The molecule has 14 heteroatoms. The number of rotatable bonds is 10. The van der Waals surface area contributed by atoms with E-state index in [9.17, 15) is 9.59 Å². The average Bonchev–Trinajstić information content (AvgIpc) is 3.44. The highest BCUT2D eigenvalue weighted by Gasteiger charge is 2.25. The number of methoxy groups -OCH3 is 2. The van der Waals surface area contributed by atoms with Crippen LogP contribution in [0.2, 0.25) is 5.02 Å². The average molecular weight is 682 g/mol. The number of hydrogen-bond acceptors (Lipinski definition) is 10. The summed E-state index contributed by atoms with van der Waals surface area (Å²) in [7, 11) is 6.96. The van der Waals surface area contributed by atoms with Crippen molar-refractivity contribution in [1.29, 1.82) is 0 Å². The summed E-state index contributed by atoms with van der Waals surface area (Å²) in [4.78, 5) is 37.6. The normalized spacial score (nSPS) is 12.6. The third-order valence-corrected chi connectivity index (χ3v) is 8.86. The predicted molar refractivity (Wildman–Crippen MR) is 187 cm³/mol. The number of carbonyl (C=O) groups excluding carboxylic acids is 2. The zero-order valence-corrected chi connectivity index (χ0v) is 28.6. The van der Waals surface area contributed by atoms with Crippen LogP contribution in [0, 0.1) is 6.92 Å². The summed E-state index contributed by atoms with van der Waals surface area (Å²) in [5.41, 5.74) is 6.63. The van der Waals surface area contributed by atoms with Crippen LogP contribution in [0.15, 0.2) is 60.8 Å². The van der Waals surface area contributed by atoms with Crippen molar-refractivity contribution in [2.75, 3.05) is 43.8 Å². The Kier molecular flexibility index (Phi) is 9.74. The van der Waals surface area contributed by atoms with Gasteiger partial charge in [-0.15, -0.1) is 10.2 Å². The van der Waals surface area contributed by atoms with Crippen molar-refractivity contribution >= 4 is 40.5 Å². The molecule has 3 N–H and O–H groups in total. The first-order valence-corrected chi connectivity index (χ1v) is 15.9. The molecule has 49 heavy (non-hydrogen) atoms. The Morgan fingerprint density at radius 2 is 1.69 bits per heavy atom. The molecule has 1 aliphatic rings. The number of carbonyl (C=O) groups is 2. The van der Waals surface area contributed by atoms with Crippen LogP contribution in [0.25, 0.3) is 11.1 Å². The molecule has 0 fully saturated rings. The monoisotopic (exact) mass is 681 g/mol. The number of halogens is 1. The van der Waals surface area contributed by atoms with Gasteiger partial charge < -0.3 is 34.9 Å². The van der Waals surface area contributed by atoms with Gasteiger partial charge in [-0.05, 0) is 43.3 Å². The smallest absolute Gasteiger partial charge is 0.291 e. The van der Waals surface area contributed by atoms with Gasteiger partial charge in [-0.3, -0.25) is 9.59 Å². The largest absolute Gasteiger partial charge is 0.495 e. The molecular formula is C35H36ClN9O4. The number of fused-ring (bicyclic) bond motifs is 1. The van der Waals surface area contributed by atoms with Crippen molar-refractivity contribution in [3.8, 4) is 22.8 Å². The maximum Gasteiger partial charge on any atom is 0.291 e. The van der Waals surface area contributed by atoms with Gasteiger partial charge in [0, 0.05) is 67.5 Å². The van der Waals surface area contributed by atoms with Gasteiger partial charge in [0.05, 0.1) is 37.2 Å². The number of ether oxygens (including phenoxy) is 2. The van der Waals surface area contributed by atoms with Crippen molar-refractivity contribution < 1.29 is 19.1 Å². The summed E-state index contributed by atoms with van der Waals surface area (Å²) in [5, 5.41) is 17.9. The van der Waals surface area contributed by atoms with E-state index in [4.69, 9.17) is 21.1 Å². The van der Waals surface area contributed by atoms with E-state index in [1.54, 1.807) is 43.6 Å². The zero-order chi connectivity index (χ0) is 34.7. The second kappa shape index (κ2) is 14.3. The minimum atomic E-state index is -0.458. The number of nitrogens with one attached hydrogen (secondary N) is 3. The molecule has 13 nitrogen and oxygen atoms in total. The van der Waals surface area contributed by atoms with E-state index in [1.165, 1.54) is 7.11 Å².